The maximum atomic E-state index is 12.6. The summed E-state index contributed by atoms with van der Waals surface area (Å²) in [5.41, 5.74) is 1.64. The zero-order valence-corrected chi connectivity index (χ0v) is 19.1. The van der Waals surface area contributed by atoms with Crippen LogP contribution in [0.4, 0.5) is 10.5 Å². The van der Waals surface area contributed by atoms with Crippen LogP contribution in [-0.4, -0.2) is 66.7 Å². The minimum atomic E-state index is -3.41. The Balaban J connectivity index is 1.31. The average Bonchev–Trinajstić information content (AvgIpc) is 2.78. The van der Waals surface area contributed by atoms with Crippen molar-refractivity contribution in [2.24, 2.45) is 0 Å². The van der Waals surface area contributed by atoms with Gasteiger partial charge >= 0.3 is 6.03 Å². The van der Waals surface area contributed by atoms with Crippen LogP contribution in [0.3, 0.4) is 0 Å². The summed E-state index contributed by atoms with van der Waals surface area (Å²) >= 11 is 0. The fraction of sp³-hybridized carbons (Fsp3) is 0.318. The second kappa shape index (κ2) is 9.59. The van der Waals surface area contributed by atoms with Crippen LogP contribution < -0.4 is 15.6 Å². The van der Waals surface area contributed by atoms with E-state index in [1.165, 1.54) is 0 Å². The standard InChI is InChI=1S/C22H26N6O4S/c1-33(31,32)26-18-8-4-2-6-16(18)14-23-22(30)28-12-10-27(11-13-28)15-20-24-19-9-5-3-7-17(19)21(29)25-20/h2-9,26H,10-15H2,1H3,(H,23,30)(H,24,25,29). The first-order valence-electron chi connectivity index (χ1n) is 10.6. The molecule has 1 fully saturated rings. The lowest BCUT2D eigenvalue weighted by molar-refractivity contribution is 0.133. The largest absolute Gasteiger partial charge is 0.334 e. The highest BCUT2D eigenvalue weighted by atomic mass is 32.2. The number of carbonyl (C=O) groups excluding carboxylic acids is 1. The number of hydrogen-bond donors (Lipinski definition) is 3. The third kappa shape index (κ3) is 5.88. The first-order chi connectivity index (χ1) is 15.8. The summed E-state index contributed by atoms with van der Waals surface area (Å²) in [6.45, 7) is 3.08. The van der Waals surface area contributed by atoms with Crippen LogP contribution in [-0.2, 0) is 23.1 Å². The highest BCUT2D eigenvalue weighted by Gasteiger charge is 2.22. The number of para-hydroxylation sites is 2. The molecule has 1 aromatic heterocycles. The van der Waals surface area contributed by atoms with Crippen LogP contribution in [0.5, 0.6) is 0 Å². The Labute approximate surface area is 191 Å². The molecule has 0 atom stereocenters. The number of sulfonamides is 1. The van der Waals surface area contributed by atoms with Gasteiger partial charge in [0.25, 0.3) is 5.56 Å². The molecule has 11 heteroatoms. The Morgan fingerprint density at radius 2 is 1.76 bits per heavy atom. The molecule has 0 bridgehead atoms. The molecular formula is C22H26N6O4S. The molecule has 2 amide bonds. The third-order valence-corrected chi connectivity index (χ3v) is 6.03. The monoisotopic (exact) mass is 470 g/mol. The van der Waals surface area contributed by atoms with Crippen molar-refractivity contribution in [2.45, 2.75) is 13.1 Å². The number of anilines is 1. The van der Waals surface area contributed by atoms with Gasteiger partial charge < -0.3 is 15.2 Å². The van der Waals surface area contributed by atoms with Gasteiger partial charge in [-0.25, -0.2) is 18.2 Å². The van der Waals surface area contributed by atoms with Crippen molar-refractivity contribution in [1.29, 1.82) is 0 Å². The highest BCUT2D eigenvalue weighted by molar-refractivity contribution is 7.92. The lowest BCUT2D eigenvalue weighted by Crippen LogP contribution is -2.51. The van der Waals surface area contributed by atoms with Crippen molar-refractivity contribution >= 4 is 32.6 Å². The Morgan fingerprint density at radius 1 is 1.06 bits per heavy atom. The summed E-state index contributed by atoms with van der Waals surface area (Å²) in [4.78, 5) is 36.1. The quantitative estimate of drug-likeness (QED) is 0.499. The van der Waals surface area contributed by atoms with Crippen LogP contribution in [0, 0.1) is 0 Å². The van der Waals surface area contributed by atoms with Crippen molar-refractivity contribution in [3.8, 4) is 0 Å². The Bertz CT molecular complexity index is 1320. The Kier molecular flexibility index (Phi) is 6.61. The maximum absolute atomic E-state index is 12.6. The molecule has 174 valence electrons. The first kappa shape index (κ1) is 22.7. The topological polar surface area (TPSA) is 128 Å². The minimum absolute atomic E-state index is 0.153. The molecule has 0 spiro atoms. The third-order valence-electron chi connectivity index (χ3n) is 5.44. The van der Waals surface area contributed by atoms with Crippen LogP contribution >= 0.6 is 0 Å². The predicted octanol–water partition coefficient (Wildman–Crippen LogP) is 1.32. The summed E-state index contributed by atoms with van der Waals surface area (Å²) in [5, 5.41) is 3.43. The number of H-pyrrole nitrogens is 1. The van der Waals surface area contributed by atoms with E-state index in [2.05, 4.69) is 24.9 Å². The average molecular weight is 471 g/mol. The van der Waals surface area contributed by atoms with Gasteiger partial charge in [0, 0.05) is 32.7 Å². The molecule has 10 nitrogen and oxygen atoms in total. The predicted molar refractivity (Wildman–Crippen MR) is 126 cm³/mol. The summed E-state index contributed by atoms with van der Waals surface area (Å²) < 4.78 is 25.6. The van der Waals surface area contributed by atoms with E-state index in [0.717, 1.165) is 6.26 Å². The molecule has 2 heterocycles. The van der Waals surface area contributed by atoms with E-state index in [9.17, 15) is 18.0 Å². The minimum Gasteiger partial charge on any atom is -0.334 e. The summed E-state index contributed by atoms with van der Waals surface area (Å²) in [5.74, 6) is 0.603. The second-order valence-corrected chi connectivity index (χ2v) is 9.73. The van der Waals surface area contributed by atoms with E-state index in [1.54, 1.807) is 35.2 Å². The van der Waals surface area contributed by atoms with Crippen LogP contribution in [0.2, 0.25) is 0 Å². The molecule has 33 heavy (non-hydrogen) atoms. The number of hydrogen-bond acceptors (Lipinski definition) is 6. The lowest BCUT2D eigenvalue weighted by atomic mass is 10.2. The molecule has 0 radical (unpaired) electrons. The molecule has 0 unspecified atom stereocenters. The van der Waals surface area contributed by atoms with Gasteiger partial charge in [0.2, 0.25) is 10.0 Å². The Morgan fingerprint density at radius 3 is 2.52 bits per heavy atom. The zero-order valence-electron chi connectivity index (χ0n) is 18.2. The summed E-state index contributed by atoms with van der Waals surface area (Å²) in [6, 6.07) is 14.0. The molecule has 3 aromatic rings. The van der Waals surface area contributed by atoms with E-state index in [1.807, 2.05) is 18.2 Å². The number of aromatic nitrogens is 2. The number of fused-ring (bicyclic) bond motifs is 1. The van der Waals surface area contributed by atoms with Gasteiger partial charge in [-0.3, -0.25) is 14.4 Å². The van der Waals surface area contributed by atoms with E-state index in [-0.39, 0.29) is 18.1 Å². The number of amides is 2. The lowest BCUT2D eigenvalue weighted by Gasteiger charge is -2.34. The number of urea groups is 1. The number of nitrogens with zero attached hydrogens (tertiary/aromatic N) is 3. The molecule has 2 aromatic carbocycles. The second-order valence-electron chi connectivity index (χ2n) is 7.98. The first-order valence-corrected chi connectivity index (χ1v) is 12.5. The Hall–Kier alpha value is -3.44. The van der Waals surface area contributed by atoms with E-state index in [4.69, 9.17) is 0 Å². The van der Waals surface area contributed by atoms with Gasteiger partial charge in [0.05, 0.1) is 29.4 Å². The number of benzene rings is 2. The number of nitrogens with one attached hydrogen (secondary N) is 3. The van der Waals surface area contributed by atoms with E-state index >= 15 is 0 Å². The maximum Gasteiger partial charge on any atom is 0.317 e. The molecule has 4 rings (SSSR count). The van der Waals surface area contributed by atoms with Crippen molar-refractivity contribution in [3.63, 3.8) is 0 Å². The molecular weight excluding hydrogens is 444 g/mol. The van der Waals surface area contributed by atoms with Crippen molar-refractivity contribution in [1.82, 2.24) is 25.1 Å². The van der Waals surface area contributed by atoms with Gasteiger partial charge in [0.15, 0.2) is 0 Å². The number of rotatable bonds is 6. The molecule has 1 aliphatic heterocycles. The smallest absolute Gasteiger partial charge is 0.317 e. The van der Waals surface area contributed by atoms with E-state index < -0.39 is 10.0 Å². The van der Waals surface area contributed by atoms with Gasteiger partial charge in [-0.2, -0.15) is 0 Å². The zero-order chi connectivity index (χ0) is 23.4. The van der Waals surface area contributed by atoms with Crippen molar-refractivity contribution in [2.75, 3.05) is 37.2 Å². The number of carbonyl (C=O) groups is 1. The number of piperazine rings is 1. The fourth-order valence-corrected chi connectivity index (χ4v) is 4.39. The van der Waals surface area contributed by atoms with Crippen LogP contribution in [0.15, 0.2) is 53.3 Å². The summed E-state index contributed by atoms with van der Waals surface area (Å²) in [7, 11) is -3.41. The van der Waals surface area contributed by atoms with Gasteiger partial charge in [0.1, 0.15) is 5.82 Å². The number of aromatic amines is 1. The molecule has 1 saturated heterocycles. The van der Waals surface area contributed by atoms with Gasteiger partial charge in [-0.1, -0.05) is 30.3 Å². The highest BCUT2D eigenvalue weighted by Crippen LogP contribution is 2.16. The van der Waals surface area contributed by atoms with E-state index in [0.29, 0.717) is 60.7 Å². The van der Waals surface area contributed by atoms with Gasteiger partial charge in [-0.15, -0.1) is 0 Å². The summed E-state index contributed by atoms with van der Waals surface area (Å²) in [6.07, 6.45) is 1.09. The van der Waals surface area contributed by atoms with Gasteiger partial charge in [-0.05, 0) is 23.8 Å². The van der Waals surface area contributed by atoms with Crippen molar-refractivity contribution in [3.05, 3.63) is 70.3 Å². The van der Waals surface area contributed by atoms with Crippen LogP contribution in [0.1, 0.15) is 11.4 Å². The van der Waals surface area contributed by atoms with Crippen LogP contribution in [0.25, 0.3) is 10.9 Å². The fourth-order valence-electron chi connectivity index (χ4n) is 3.79. The molecule has 1 aliphatic rings. The normalized spacial score (nSPS) is 14.9. The molecule has 0 aliphatic carbocycles. The molecule has 3 N–H and O–H groups in total. The van der Waals surface area contributed by atoms with Crippen molar-refractivity contribution < 1.29 is 13.2 Å². The SMILES string of the molecule is CS(=O)(=O)Nc1ccccc1CNC(=O)N1CCN(Cc2nc3ccccc3c(=O)[nH]2)CC1. The molecule has 0 saturated carbocycles.